The minimum absolute atomic E-state index is 0.181. The number of carbonyl (C=O) groups is 1. The monoisotopic (exact) mass is 356 g/mol. The molecule has 0 aliphatic heterocycles. The lowest BCUT2D eigenvalue weighted by atomic mass is 10.1. The first-order valence-electron chi connectivity index (χ1n) is 8.57. The summed E-state index contributed by atoms with van der Waals surface area (Å²) in [5.41, 5.74) is 2.86. The summed E-state index contributed by atoms with van der Waals surface area (Å²) in [7, 11) is 3.48. The summed E-state index contributed by atoms with van der Waals surface area (Å²) in [4.78, 5) is 14.2. The molecule has 0 radical (unpaired) electrons. The molecule has 138 valence electrons. The number of ether oxygens (including phenoxy) is 1. The van der Waals surface area contributed by atoms with E-state index in [4.69, 9.17) is 4.74 Å². The molecule has 0 spiro atoms. The minimum Gasteiger partial charge on any atom is -0.494 e. The number of carbonyl (C=O) groups excluding carboxylic acids is 1. The number of hydrogen-bond donors (Lipinski definition) is 1. The van der Waals surface area contributed by atoms with Crippen LogP contribution >= 0.6 is 0 Å². The molecule has 1 N–H and O–H groups in total. The highest BCUT2D eigenvalue weighted by Gasteiger charge is 2.03. The topological polar surface area (TPSA) is 41.6 Å². The molecule has 0 saturated heterocycles. The molecule has 2 aromatic carbocycles. The zero-order chi connectivity index (χ0) is 18.9. The number of amides is 1. The molecule has 0 aliphatic carbocycles. The van der Waals surface area contributed by atoms with E-state index in [-0.39, 0.29) is 11.7 Å². The summed E-state index contributed by atoms with van der Waals surface area (Å²) in [6.45, 7) is 4.42. The Bertz CT molecular complexity index is 774. The van der Waals surface area contributed by atoms with E-state index in [1.54, 1.807) is 12.1 Å². The molecule has 0 aromatic heterocycles. The van der Waals surface area contributed by atoms with Gasteiger partial charge in [-0.15, -0.1) is 0 Å². The molecule has 2 rings (SSSR count). The molecule has 0 unspecified atom stereocenters. The minimum atomic E-state index is -0.455. The molecule has 2 aromatic rings. The van der Waals surface area contributed by atoms with Gasteiger partial charge >= 0.3 is 0 Å². The summed E-state index contributed by atoms with van der Waals surface area (Å²) in [5.74, 6) is -0.499. The van der Waals surface area contributed by atoms with Gasteiger partial charge in [0.1, 0.15) is 0 Å². The van der Waals surface area contributed by atoms with E-state index in [0.717, 1.165) is 18.7 Å². The Labute approximate surface area is 154 Å². The van der Waals surface area contributed by atoms with Crippen molar-refractivity contribution in [2.45, 2.75) is 20.0 Å². The molecule has 0 saturated carbocycles. The van der Waals surface area contributed by atoms with Crippen molar-refractivity contribution >= 4 is 12.0 Å². The van der Waals surface area contributed by atoms with E-state index >= 15 is 0 Å². The maximum Gasteiger partial charge on any atom is 0.244 e. The standard InChI is InChI=1S/C21H25FN2O2/c1-4-24(2)15-18-7-5-6-17(12-18)14-23-21(25)11-9-16-8-10-20(26-3)19(22)13-16/h5-13H,4,14-15H2,1-3H3,(H,23,25). The summed E-state index contributed by atoms with van der Waals surface area (Å²) < 4.78 is 18.5. The number of benzene rings is 2. The molecule has 5 heteroatoms. The zero-order valence-electron chi connectivity index (χ0n) is 15.5. The second kappa shape index (κ2) is 9.73. The van der Waals surface area contributed by atoms with E-state index in [1.807, 2.05) is 12.1 Å². The predicted molar refractivity (Wildman–Crippen MR) is 102 cm³/mol. The lowest BCUT2D eigenvalue weighted by Gasteiger charge is -2.14. The maximum absolute atomic E-state index is 13.6. The van der Waals surface area contributed by atoms with Crippen molar-refractivity contribution in [1.29, 1.82) is 0 Å². The largest absolute Gasteiger partial charge is 0.494 e. The molecule has 0 heterocycles. The van der Waals surface area contributed by atoms with Crippen LogP contribution in [0.1, 0.15) is 23.6 Å². The quantitative estimate of drug-likeness (QED) is 0.735. The number of methoxy groups -OCH3 is 1. The molecule has 4 nitrogen and oxygen atoms in total. The van der Waals surface area contributed by atoms with Crippen molar-refractivity contribution < 1.29 is 13.9 Å². The summed E-state index contributed by atoms with van der Waals surface area (Å²) >= 11 is 0. The van der Waals surface area contributed by atoms with Gasteiger partial charge in [0.25, 0.3) is 0 Å². The Balaban J connectivity index is 1.90. The van der Waals surface area contributed by atoms with Crippen LogP contribution in [-0.2, 0) is 17.9 Å². The second-order valence-electron chi connectivity index (χ2n) is 6.10. The lowest BCUT2D eigenvalue weighted by molar-refractivity contribution is -0.116. The van der Waals surface area contributed by atoms with E-state index in [1.165, 1.54) is 30.9 Å². The van der Waals surface area contributed by atoms with Crippen LogP contribution in [0.25, 0.3) is 6.08 Å². The summed E-state index contributed by atoms with van der Waals surface area (Å²) in [6.07, 6.45) is 2.97. The van der Waals surface area contributed by atoms with Crippen LogP contribution in [0.4, 0.5) is 4.39 Å². The highest BCUT2D eigenvalue weighted by molar-refractivity contribution is 5.91. The SMILES string of the molecule is CCN(C)Cc1cccc(CNC(=O)C=Cc2ccc(OC)c(F)c2)c1. The van der Waals surface area contributed by atoms with E-state index in [2.05, 4.69) is 36.3 Å². The van der Waals surface area contributed by atoms with Crippen LogP contribution in [-0.4, -0.2) is 31.5 Å². The van der Waals surface area contributed by atoms with E-state index in [0.29, 0.717) is 12.1 Å². The third-order valence-corrected chi connectivity index (χ3v) is 4.05. The second-order valence-corrected chi connectivity index (χ2v) is 6.10. The molecule has 0 atom stereocenters. The van der Waals surface area contributed by atoms with Gasteiger partial charge in [-0.05, 0) is 48.5 Å². The number of rotatable bonds is 8. The van der Waals surface area contributed by atoms with E-state index in [9.17, 15) is 9.18 Å². The molecular formula is C21H25FN2O2. The average Bonchev–Trinajstić information content (AvgIpc) is 2.65. The smallest absolute Gasteiger partial charge is 0.244 e. The van der Waals surface area contributed by atoms with Gasteiger partial charge in [-0.2, -0.15) is 0 Å². The van der Waals surface area contributed by atoms with Gasteiger partial charge in [0, 0.05) is 19.2 Å². The number of halogens is 1. The third-order valence-electron chi connectivity index (χ3n) is 4.05. The fraction of sp³-hybridized carbons (Fsp3) is 0.286. The molecule has 0 bridgehead atoms. The van der Waals surface area contributed by atoms with Crippen molar-refractivity contribution in [3.63, 3.8) is 0 Å². The number of hydrogen-bond acceptors (Lipinski definition) is 3. The predicted octanol–water partition coefficient (Wildman–Crippen LogP) is 3.62. The van der Waals surface area contributed by atoms with Crippen LogP contribution in [0.2, 0.25) is 0 Å². The first-order valence-corrected chi connectivity index (χ1v) is 8.57. The van der Waals surface area contributed by atoms with Crippen molar-refractivity contribution in [3.05, 3.63) is 71.0 Å². The van der Waals surface area contributed by atoms with E-state index < -0.39 is 5.82 Å². The third kappa shape index (κ3) is 6.01. The van der Waals surface area contributed by atoms with Gasteiger partial charge in [0.05, 0.1) is 7.11 Å². The summed E-state index contributed by atoms with van der Waals surface area (Å²) in [5, 5.41) is 2.84. The fourth-order valence-corrected chi connectivity index (χ4v) is 2.47. The normalized spacial score (nSPS) is 11.1. The number of nitrogens with one attached hydrogen (secondary N) is 1. The lowest BCUT2D eigenvalue weighted by Crippen LogP contribution is -2.20. The molecule has 0 aliphatic rings. The Morgan fingerprint density at radius 1 is 1.23 bits per heavy atom. The van der Waals surface area contributed by atoms with Crippen molar-refractivity contribution in [2.24, 2.45) is 0 Å². The first kappa shape index (κ1) is 19.7. The Kier molecular flexibility index (Phi) is 7.36. The van der Waals surface area contributed by atoms with Crippen molar-refractivity contribution in [3.8, 4) is 5.75 Å². The highest BCUT2D eigenvalue weighted by atomic mass is 19.1. The average molecular weight is 356 g/mol. The molecular weight excluding hydrogens is 331 g/mol. The van der Waals surface area contributed by atoms with Crippen LogP contribution in [0.3, 0.4) is 0 Å². The Morgan fingerprint density at radius 2 is 2.00 bits per heavy atom. The van der Waals surface area contributed by atoms with Gasteiger partial charge in [0.15, 0.2) is 11.6 Å². The first-order chi connectivity index (χ1) is 12.5. The van der Waals surface area contributed by atoms with Gasteiger partial charge in [-0.3, -0.25) is 4.79 Å². The van der Waals surface area contributed by atoms with Crippen LogP contribution in [0, 0.1) is 5.82 Å². The Hall–Kier alpha value is -2.66. The molecule has 26 heavy (non-hydrogen) atoms. The van der Waals surface area contributed by atoms with Crippen LogP contribution < -0.4 is 10.1 Å². The van der Waals surface area contributed by atoms with Crippen LogP contribution in [0.15, 0.2) is 48.5 Å². The Morgan fingerprint density at radius 3 is 2.69 bits per heavy atom. The zero-order valence-corrected chi connectivity index (χ0v) is 15.5. The molecule has 0 fully saturated rings. The number of nitrogens with zero attached hydrogens (tertiary/aromatic N) is 1. The summed E-state index contributed by atoms with van der Waals surface area (Å²) in [6, 6.07) is 12.7. The van der Waals surface area contributed by atoms with Gasteiger partial charge in [0.2, 0.25) is 5.91 Å². The highest BCUT2D eigenvalue weighted by Crippen LogP contribution is 2.18. The van der Waals surface area contributed by atoms with Crippen LogP contribution in [0.5, 0.6) is 5.75 Å². The maximum atomic E-state index is 13.6. The van der Waals surface area contributed by atoms with Gasteiger partial charge in [-0.25, -0.2) is 4.39 Å². The van der Waals surface area contributed by atoms with Gasteiger partial charge in [-0.1, -0.05) is 37.3 Å². The van der Waals surface area contributed by atoms with Crippen molar-refractivity contribution in [2.75, 3.05) is 20.7 Å². The van der Waals surface area contributed by atoms with Gasteiger partial charge < -0.3 is 15.0 Å². The fourth-order valence-electron chi connectivity index (χ4n) is 2.47. The van der Waals surface area contributed by atoms with Crippen molar-refractivity contribution in [1.82, 2.24) is 10.2 Å². The molecule has 1 amide bonds.